The molecule has 9 heteroatoms. The number of carboxylic acid groups (broad SMARTS) is 1. The Morgan fingerprint density at radius 2 is 1.74 bits per heavy atom. The van der Waals surface area contributed by atoms with Gasteiger partial charge < -0.3 is 19.3 Å². The smallest absolute Gasteiger partial charge is 0.335 e. The number of nitrogens with zero attached hydrogens (tertiary/aromatic N) is 6. The van der Waals surface area contributed by atoms with Crippen LogP contribution in [0.25, 0.3) is 0 Å². The van der Waals surface area contributed by atoms with Crippen molar-refractivity contribution in [2.45, 2.75) is 88.3 Å². The van der Waals surface area contributed by atoms with E-state index in [4.69, 9.17) is 9.84 Å². The highest BCUT2D eigenvalue weighted by molar-refractivity contribution is 5.88. The average molecular weight is 519 g/mol. The molecule has 1 aliphatic heterocycles. The van der Waals surface area contributed by atoms with Crippen LogP contribution in [0.2, 0.25) is 0 Å². The molecule has 38 heavy (non-hydrogen) atoms. The van der Waals surface area contributed by atoms with Gasteiger partial charge in [0.05, 0.1) is 17.8 Å². The van der Waals surface area contributed by atoms with Crippen molar-refractivity contribution in [3.63, 3.8) is 0 Å². The Kier molecular flexibility index (Phi) is 7.19. The van der Waals surface area contributed by atoms with Crippen LogP contribution in [0.1, 0.15) is 103 Å². The van der Waals surface area contributed by atoms with Crippen molar-refractivity contribution in [1.82, 2.24) is 29.4 Å². The zero-order chi connectivity index (χ0) is 26.1. The highest BCUT2D eigenvalue weighted by atomic mass is 16.5. The predicted octanol–water partition coefficient (Wildman–Crippen LogP) is 4.92. The average Bonchev–Trinajstić information content (AvgIpc) is 3.54. The van der Waals surface area contributed by atoms with Crippen LogP contribution in [0.3, 0.4) is 0 Å². The Hall–Kier alpha value is -3.20. The number of aromatic nitrogens is 5. The zero-order valence-corrected chi connectivity index (χ0v) is 22.2. The van der Waals surface area contributed by atoms with Crippen molar-refractivity contribution in [2.75, 3.05) is 13.1 Å². The number of hydrogen-bond acceptors (Lipinski definition) is 6. The summed E-state index contributed by atoms with van der Waals surface area (Å²) in [5.41, 5.74) is 1.60. The van der Waals surface area contributed by atoms with E-state index in [1.54, 1.807) is 18.2 Å². The second kappa shape index (κ2) is 10.9. The van der Waals surface area contributed by atoms with Crippen LogP contribution >= 0.6 is 0 Å². The molecule has 2 aliphatic carbocycles. The van der Waals surface area contributed by atoms with Gasteiger partial charge in [0, 0.05) is 25.2 Å². The van der Waals surface area contributed by atoms with Crippen LogP contribution in [0.4, 0.5) is 0 Å². The Balaban J connectivity index is 1.01. The van der Waals surface area contributed by atoms with E-state index < -0.39 is 5.97 Å². The summed E-state index contributed by atoms with van der Waals surface area (Å²) in [5.74, 6) is 2.25. The second-order valence-corrected chi connectivity index (χ2v) is 11.3. The molecule has 2 saturated carbocycles. The number of ether oxygens (including phenoxy) is 1. The Morgan fingerprint density at radius 1 is 1.00 bits per heavy atom. The molecule has 9 nitrogen and oxygen atoms in total. The van der Waals surface area contributed by atoms with Crippen molar-refractivity contribution in [3.05, 3.63) is 59.4 Å². The van der Waals surface area contributed by atoms with Crippen LogP contribution in [0, 0.1) is 0 Å². The third kappa shape index (κ3) is 5.21. The first-order valence-electron chi connectivity index (χ1n) is 14.2. The van der Waals surface area contributed by atoms with Crippen LogP contribution in [0.15, 0.2) is 36.7 Å². The Labute approximate surface area is 223 Å². The van der Waals surface area contributed by atoms with Crippen LogP contribution in [0.5, 0.6) is 5.75 Å². The predicted molar refractivity (Wildman–Crippen MR) is 142 cm³/mol. The minimum atomic E-state index is -0.968. The van der Waals surface area contributed by atoms with Gasteiger partial charge in [0.2, 0.25) is 0 Å². The summed E-state index contributed by atoms with van der Waals surface area (Å²) in [4.78, 5) is 13.9. The van der Waals surface area contributed by atoms with Crippen LogP contribution < -0.4 is 4.74 Å². The Morgan fingerprint density at radius 3 is 2.45 bits per heavy atom. The molecule has 2 aromatic heterocycles. The monoisotopic (exact) mass is 518 g/mol. The molecule has 0 unspecified atom stereocenters. The van der Waals surface area contributed by atoms with Gasteiger partial charge in [-0.2, -0.15) is 5.10 Å². The van der Waals surface area contributed by atoms with Gasteiger partial charge in [-0.15, -0.1) is 10.2 Å². The van der Waals surface area contributed by atoms with E-state index in [0.717, 1.165) is 43.4 Å². The summed E-state index contributed by atoms with van der Waals surface area (Å²) in [6, 6.07) is 7.88. The quantitative estimate of drug-likeness (QED) is 0.452. The third-order valence-corrected chi connectivity index (χ3v) is 9.08. The first kappa shape index (κ1) is 25.1. The molecule has 1 saturated heterocycles. The van der Waals surface area contributed by atoms with Crippen molar-refractivity contribution >= 4 is 5.97 Å². The summed E-state index contributed by atoms with van der Waals surface area (Å²) in [7, 11) is 1.99. The molecule has 0 spiro atoms. The number of benzene rings is 1. The molecule has 202 valence electrons. The number of carboxylic acids is 1. The van der Waals surface area contributed by atoms with Gasteiger partial charge in [-0.25, -0.2) is 4.79 Å². The first-order valence-corrected chi connectivity index (χ1v) is 14.2. The fourth-order valence-electron chi connectivity index (χ4n) is 6.57. The molecule has 1 aromatic carbocycles. The van der Waals surface area contributed by atoms with Crippen LogP contribution in [-0.4, -0.2) is 59.7 Å². The highest BCUT2D eigenvalue weighted by Gasteiger charge is 2.31. The largest absolute Gasteiger partial charge is 0.486 e. The fourth-order valence-corrected chi connectivity index (χ4v) is 6.57. The number of aromatic carboxylic acids is 1. The van der Waals surface area contributed by atoms with Gasteiger partial charge in [0.15, 0.2) is 5.82 Å². The molecule has 1 N–H and O–H groups in total. The van der Waals surface area contributed by atoms with Gasteiger partial charge in [0.1, 0.15) is 18.2 Å². The van der Waals surface area contributed by atoms with Gasteiger partial charge >= 0.3 is 5.97 Å². The van der Waals surface area contributed by atoms with E-state index in [1.165, 1.54) is 56.8 Å². The maximum atomic E-state index is 11.2. The summed E-state index contributed by atoms with van der Waals surface area (Å²) in [6.45, 7) is 2.86. The molecule has 3 fully saturated rings. The molecule has 6 rings (SSSR count). The molecule has 0 bridgehead atoms. The summed E-state index contributed by atoms with van der Waals surface area (Å²) in [6.07, 6.45) is 15.4. The molecule has 0 atom stereocenters. The molecular weight excluding hydrogens is 480 g/mol. The number of likely N-dealkylation sites (tertiary alicyclic amines) is 1. The minimum absolute atomic E-state index is 0.206. The lowest BCUT2D eigenvalue weighted by Gasteiger charge is -2.42. The fraction of sp³-hybridized carbons (Fsp3) is 0.586. The van der Waals surface area contributed by atoms with Crippen molar-refractivity contribution in [2.24, 2.45) is 7.05 Å². The van der Waals surface area contributed by atoms with E-state index in [9.17, 15) is 9.90 Å². The SMILES string of the molecule is Cn1c(COc2cccc(C(=O)O)c2)nnc1[C@H]1CC[C@H](c2cnn([C@H]3CC[C@H](N4CCC4)CC3)c2)CC1. The Bertz CT molecular complexity index is 1250. The lowest BCUT2D eigenvalue weighted by Crippen LogP contribution is -2.46. The van der Waals surface area contributed by atoms with Crippen molar-refractivity contribution in [1.29, 1.82) is 0 Å². The molecule has 3 heterocycles. The third-order valence-electron chi connectivity index (χ3n) is 9.08. The standard InChI is InChI=1S/C29H38N6O3/c1-33-27(19-38-26-5-2-4-22(16-26)29(36)37)31-32-28(33)21-8-6-20(7-9-21)23-17-30-35(18-23)25-12-10-24(11-13-25)34-14-3-15-34/h2,4-5,16-18,20-21,24-25H,3,6-15,19H2,1H3,(H,36,37)/t20-,21-,24-,25-. The molecular formula is C29H38N6O3. The zero-order valence-electron chi connectivity index (χ0n) is 22.2. The molecule has 3 aromatic rings. The van der Waals surface area contributed by atoms with Crippen molar-refractivity contribution < 1.29 is 14.6 Å². The summed E-state index contributed by atoms with van der Waals surface area (Å²) >= 11 is 0. The molecule has 0 radical (unpaired) electrons. The second-order valence-electron chi connectivity index (χ2n) is 11.3. The maximum absolute atomic E-state index is 11.2. The lowest BCUT2D eigenvalue weighted by atomic mass is 9.79. The summed E-state index contributed by atoms with van der Waals surface area (Å²) < 4.78 is 10.1. The van der Waals surface area contributed by atoms with Gasteiger partial charge in [-0.3, -0.25) is 4.68 Å². The topological polar surface area (TPSA) is 98.3 Å². The number of carbonyl (C=O) groups is 1. The van der Waals surface area contributed by atoms with E-state index in [-0.39, 0.29) is 12.2 Å². The minimum Gasteiger partial charge on any atom is -0.486 e. The van der Waals surface area contributed by atoms with Gasteiger partial charge in [-0.1, -0.05) is 6.07 Å². The lowest BCUT2D eigenvalue weighted by molar-refractivity contribution is 0.0696. The molecule has 3 aliphatic rings. The number of rotatable bonds is 8. The van der Waals surface area contributed by atoms with Crippen molar-refractivity contribution in [3.8, 4) is 5.75 Å². The van der Waals surface area contributed by atoms with E-state index in [1.807, 2.05) is 11.6 Å². The molecule has 0 amide bonds. The van der Waals surface area contributed by atoms with E-state index in [2.05, 4.69) is 32.2 Å². The van der Waals surface area contributed by atoms with E-state index >= 15 is 0 Å². The normalized spacial score (nSPS) is 26.1. The maximum Gasteiger partial charge on any atom is 0.335 e. The number of hydrogen-bond donors (Lipinski definition) is 1. The van der Waals surface area contributed by atoms with Gasteiger partial charge in [-0.05, 0) is 101 Å². The van der Waals surface area contributed by atoms with E-state index in [0.29, 0.717) is 23.6 Å². The summed E-state index contributed by atoms with van der Waals surface area (Å²) in [5, 5.41) is 22.9. The highest BCUT2D eigenvalue weighted by Crippen LogP contribution is 2.40. The van der Waals surface area contributed by atoms with Crippen LogP contribution in [-0.2, 0) is 13.7 Å². The first-order chi connectivity index (χ1) is 18.5. The van der Waals surface area contributed by atoms with Gasteiger partial charge in [0.25, 0.3) is 0 Å².